The van der Waals surface area contributed by atoms with Gasteiger partial charge in [0.05, 0.1) is 19.3 Å². The van der Waals surface area contributed by atoms with Crippen LogP contribution in [0.5, 0.6) is 0 Å². The van der Waals surface area contributed by atoms with Crippen LogP contribution in [0.15, 0.2) is 78.3 Å². The first-order valence-electron chi connectivity index (χ1n) is 10.9. The van der Waals surface area contributed by atoms with Crippen molar-refractivity contribution in [3.8, 4) is 11.1 Å². The fraction of sp³-hybridized carbons (Fsp3) is 0.280. The smallest absolute Gasteiger partial charge is 0.173 e. The van der Waals surface area contributed by atoms with Gasteiger partial charge in [-0.05, 0) is 61.2 Å². The molecule has 3 rings (SSSR count). The second-order valence-corrected chi connectivity index (χ2v) is 7.59. The number of nitrogen functional groups attached to an aromatic ring is 1. The molecule has 2 aromatic rings. The lowest BCUT2D eigenvalue weighted by Crippen LogP contribution is -2.39. The number of nitrogens with two attached hydrogens (primary N) is 3. The molecule has 9 heteroatoms. The average Bonchev–Trinajstić information content (AvgIpc) is 2.89. The summed E-state index contributed by atoms with van der Waals surface area (Å²) < 4.78 is 23.3. The maximum atomic E-state index is 13.8. The van der Waals surface area contributed by atoms with E-state index in [0.29, 0.717) is 18.7 Å². The summed E-state index contributed by atoms with van der Waals surface area (Å²) >= 11 is 0. The highest BCUT2D eigenvalue weighted by atomic mass is 19.1. The number of hydrogen-bond acceptors (Lipinski definition) is 6. The number of rotatable bonds is 7. The van der Waals surface area contributed by atoms with E-state index in [1.807, 2.05) is 6.07 Å². The molecule has 0 unspecified atom stereocenters. The number of halogens is 2. The van der Waals surface area contributed by atoms with Crippen molar-refractivity contribution in [1.29, 1.82) is 0 Å². The van der Waals surface area contributed by atoms with E-state index in [0.717, 1.165) is 37.1 Å². The van der Waals surface area contributed by atoms with Crippen molar-refractivity contribution in [1.82, 2.24) is 15.3 Å². The fourth-order valence-electron chi connectivity index (χ4n) is 3.71. The molecular weight excluding hydrogens is 436 g/mol. The lowest BCUT2D eigenvalue weighted by molar-refractivity contribution is 0.460. The van der Waals surface area contributed by atoms with Gasteiger partial charge in [-0.15, -0.1) is 0 Å². The summed E-state index contributed by atoms with van der Waals surface area (Å²) in [7, 11) is 0.500. The van der Waals surface area contributed by atoms with Crippen LogP contribution in [0.4, 0.5) is 14.6 Å². The molecule has 1 aliphatic rings. The first-order valence-corrected chi connectivity index (χ1v) is 10.9. The van der Waals surface area contributed by atoms with Gasteiger partial charge >= 0.3 is 0 Å². The first kappa shape index (κ1) is 26.7. The molecule has 1 aromatic heterocycles. The number of hydrazine groups is 1. The van der Waals surface area contributed by atoms with Crippen LogP contribution < -0.4 is 22.7 Å². The Morgan fingerprint density at radius 1 is 1.24 bits per heavy atom. The maximum Gasteiger partial charge on any atom is 0.173 e. The van der Waals surface area contributed by atoms with E-state index in [1.165, 1.54) is 34.9 Å². The number of nitrogens with zero attached hydrogens (tertiary/aromatic N) is 3. The number of amidine groups is 1. The van der Waals surface area contributed by atoms with E-state index in [-0.39, 0.29) is 18.2 Å². The molecule has 0 aliphatic carbocycles. The minimum atomic E-state index is -0.453. The van der Waals surface area contributed by atoms with Crippen LogP contribution in [-0.2, 0) is 0 Å². The SMILES string of the molecule is C=C/C=C\C(F)=C/CN(N)/C(=N\N)c1cc(-c2ccc(C3CCNCC3)cc2)cnc1N.CF. The van der Waals surface area contributed by atoms with Crippen molar-refractivity contribution < 1.29 is 8.78 Å². The number of benzene rings is 1. The van der Waals surface area contributed by atoms with E-state index in [4.69, 9.17) is 17.4 Å². The molecule has 0 radical (unpaired) electrons. The van der Waals surface area contributed by atoms with Crippen LogP contribution >= 0.6 is 0 Å². The molecule has 7 nitrogen and oxygen atoms in total. The Kier molecular flexibility index (Phi) is 10.9. The zero-order chi connectivity index (χ0) is 24.9. The van der Waals surface area contributed by atoms with Gasteiger partial charge in [-0.2, -0.15) is 5.10 Å². The summed E-state index contributed by atoms with van der Waals surface area (Å²) in [6, 6.07) is 10.3. The summed E-state index contributed by atoms with van der Waals surface area (Å²) in [4.78, 5) is 4.29. The molecule has 0 amide bonds. The van der Waals surface area contributed by atoms with Crippen molar-refractivity contribution in [2.45, 2.75) is 18.8 Å². The van der Waals surface area contributed by atoms with Gasteiger partial charge < -0.3 is 16.9 Å². The van der Waals surface area contributed by atoms with Crippen molar-refractivity contribution in [2.75, 3.05) is 32.5 Å². The van der Waals surface area contributed by atoms with Gasteiger partial charge in [0.1, 0.15) is 11.6 Å². The normalized spacial score (nSPS) is 15.1. The first-order chi connectivity index (χ1) is 16.5. The third kappa shape index (κ3) is 7.23. The number of nitrogens with one attached hydrogen (secondary N) is 1. The second-order valence-electron chi connectivity index (χ2n) is 7.59. The van der Waals surface area contributed by atoms with Gasteiger partial charge in [-0.3, -0.25) is 9.40 Å². The van der Waals surface area contributed by atoms with Crippen molar-refractivity contribution in [2.24, 2.45) is 16.8 Å². The summed E-state index contributed by atoms with van der Waals surface area (Å²) in [5.41, 5.74) is 9.75. The van der Waals surface area contributed by atoms with Gasteiger partial charge in [-0.25, -0.2) is 15.2 Å². The van der Waals surface area contributed by atoms with E-state index in [1.54, 1.807) is 6.20 Å². The van der Waals surface area contributed by atoms with Crippen molar-refractivity contribution >= 4 is 11.7 Å². The summed E-state index contributed by atoms with van der Waals surface area (Å²) in [6.45, 7) is 5.65. The topological polar surface area (TPSA) is 119 Å². The number of allylic oxidation sites excluding steroid dienone is 4. The standard InChI is InChI=1S/C24H30FN7.CH3F/c1-2-3-4-21(25)11-14-32(28)24(31-27)22-15-20(16-30-23(22)26)18-7-5-17(6-8-18)19-9-12-29-13-10-19;1-2/h2-8,11,15-16,19,29H,1,9-10,12-14,27-28H2,(H2,26,30);1H3/b4-3-,21-11+,31-24-;. The Morgan fingerprint density at radius 2 is 1.91 bits per heavy atom. The Labute approximate surface area is 199 Å². The van der Waals surface area contributed by atoms with Crippen molar-refractivity contribution in [3.63, 3.8) is 0 Å². The van der Waals surface area contributed by atoms with E-state index >= 15 is 0 Å². The molecule has 0 saturated carbocycles. The van der Waals surface area contributed by atoms with Gasteiger partial charge in [-0.1, -0.05) is 43.0 Å². The number of hydrogen-bond donors (Lipinski definition) is 4. The summed E-state index contributed by atoms with van der Waals surface area (Å²) in [5.74, 6) is 12.2. The molecule has 7 N–H and O–H groups in total. The lowest BCUT2D eigenvalue weighted by atomic mass is 9.89. The van der Waals surface area contributed by atoms with Crippen LogP contribution in [0.2, 0.25) is 0 Å². The zero-order valence-electron chi connectivity index (χ0n) is 19.4. The molecule has 1 saturated heterocycles. The highest BCUT2D eigenvalue weighted by Crippen LogP contribution is 2.28. The van der Waals surface area contributed by atoms with Gasteiger partial charge in [0.25, 0.3) is 0 Å². The predicted octanol–water partition coefficient (Wildman–Crippen LogP) is 3.78. The molecule has 2 heterocycles. The van der Waals surface area contributed by atoms with E-state index in [2.05, 4.69) is 46.2 Å². The summed E-state index contributed by atoms with van der Waals surface area (Å²) in [5, 5.41) is 8.39. The largest absolute Gasteiger partial charge is 0.383 e. The molecule has 182 valence electrons. The predicted molar refractivity (Wildman–Crippen MR) is 136 cm³/mol. The number of anilines is 1. The minimum absolute atomic E-state index is 0.0396. The van der Waals surface area contributed by atoms with E-state index < -0.39 is 5.83 Å². The fourth-order valence-corrected chi connectivity index (χ4v) is 3.71. The van der Waals surface area contributed by atoms with Gasteiger partial charge in [0.15, 0.2) is 5.84 Å². The monoisotopic (exact) mass is 469 g/mol. The second kappa shape index (κ2) is 13.9. The number of piperidine rings is 1. The number of hydrazone groups is 1. The zero-order valence-corrected chi connectivity index (χ0v) is 19.4. The Morgan fingerprint density at radius 3 is 2.53 bits per heavy atom. The molecule has 0 spiro atoms. The van der Waals surface area contributed by atoms with Crippen molar-refractivity contribution in [3.05, 3.63) is 84.4 Å². The number of pyridine rings is 1. The third-order valence-electron chi connectivity index (χ3n) is 5.48. The molecule has 1 fully saturated rings. The Bertz CT molecular complexity index is 1010. The number of aromatic nitrogens is 1. The highest BCUT2D eigenvalue weighted by molar-refractivity contribution is 6.02. The van der Waals surface area contributed by atoms with E-state index in [9.17, 15) is 8.78 Å². The molecule has 0 atom stereocenters. The Hall–Kier alpha value is -3.56. The molecular formula is C25H33F2N7. The Balaban J connectivity index is 0.00000199. The minimum Gasteiger partial charge on any atom is -0.383 e. The van der Waals surface area contributed by atoms with Crippen LogP contribution in [0.25, 0.3) is 11.1 Å². The quantitative estimate of drug-likeness (QED) is 0.161. The number of alkyl halides is 1. The van der Waals surface area contributed by atoms with Gasteiger partial charge in [0.2, 0.25) is 0 Å². The van der Waals surface area contributed by atoms with Crippen LogP contribution in [0.1, 0.15) is 29.9 Å². The lowest BCUT2D eigenvalue weighted by Gasteiger charge is -2.23. The molecule has 34 heavy (non-hydrogen) atoms. The maximum absolute atomic E-state index is 13.8. The van der Waals surface area contributed by atoms with Crippen LogP contribution in [-0.4, -0.2) is 42.6 Å². The van der Waals surface area contributed by atoms with Gasteiger partial charge in [0, 0.05) is 11.8 Å². The molecule has 1 aromatic carbocycles. The highest BCUT2D eigenvalue weighted by Gasteiger charge is 2.17. The van der Waals surface area contributed by atoms with Crippen LogP contribution in [0.3, 0.4) is 0 Å². The molecule has 0 bridgehead atoms. The third-order valence-corrected chi connectivity index (χ3v) is 5.48. The molecule has 1 aliphatic heterocycles. The summed E-state index contributed by atoms with van der Waals surface area (Å²) in [6.07, 6.45) is 9.56. The average molecular weight is 470 g/mol. The van der Waals surface area contributed by atoms with Crippen LogP contribution in [0, 0.1) is 0 Å².